The molecular formula is C25H24N6O2S. The second-order valence-corrected chi connectivity index (χ2v) is 8.62. The number of para-hydroxylation sites is 1. The molecule has 172 valence electrons. The molecule has 8 nitrogen and oxygen atoms in total. The molecule has 4 aromatic rings. The van der Waals surface area contributed by atoms with Crippen LogP contribution in [0.4, 0.5) is 5.69 Å². The van der Waals surface area contributed by atoms with Crippen molar-refractivity contribution in [2.24, 2.45) is 0 Å². The van der Waals surface area contributed by atoms with Crippen molar-refractivity contribution in [1.82, 2.24) is 25.3 Å². The van der Waals surface area contributed by atoms with E-state index < -0.39 is 0 Å². The Labute approximate surface area is 201 Å². The normalized spacial score (nSPS) is 10.6. The first-order valence-electron chi connectivity index (χ1n) is 10.7. The van der Waals surface area contributed by atoms with Gasteiger partial charge in [-0.25, -0.2) is 4.68 Å². The van der Waals surface area contributed by atoms with Crippen molar-refractivity contribution in [3.63, 3.8) is 0 Å². The van der Waals surface area contributed by atoms with Gasteiger partial charge in [-0.15, -0.1) is 10.2 Å². The van der Waals surface area contributed by atoms with Gasteiger partial charge in [0, 0.05) is 12.2 Å². The number of aryl methyl sites for hydroxylation is 2. The molecule has 0 aliphatic carbocycles. The molecule has 9 heteroatoms. The minimum atomic E-state index is -0.252. The highest BCUT2D eigenvalue weighted by Crippen LogP contribution is 2.19. The molecule has 0 saturated heterocycles. The van der Waals surface area contributed by atoms with E-state index in [1.54, 1.807) is 28.9 Å². The molecule has 0 aliphatic rings. The Hall–Kier alpha value is -3.98. The van der Waals surface area contributed by atoms with Crippen molar-refractivity contribution < 1.29 is 9.59 Å². The number of hydrogen-bond acceptors (Lipinski definition) is 6. The van der Waals surface area contributed by atoms with Crippen LogP contribution in [0.5, 0.6) is 0 Å². The monoisotopic (exact) mass is 472 g/mol. The van der Waals surface area contributed by atoms with Crippen molar-refractivity contribution >= 4 is 29.3 Å². The van der Waals surface area contributed by atoms with Crippen LogP contribution < -0.4 is 10.6 Å². The summed E-state index contributed by atoms with van der Waals surface area (Å²) in [6.45, 7) is 4.28. The topological polar surface area (TPSA) is 102 Å². The van der Waals surface area contributed by atoms with Crippen LogP contribution in [0.15, 0.2) is 77.8 Å². The maximum atomic E-state index is 12.7. The van der Waals surface area contributed by atoms with E-state index >= 15 is 0 Å². The lowest BCUT2D eigenvalue weighted by Gasteiger charge is -2.11. The predicted octanol–water partition coefficient (Wildman–Crippen LogP) is 3.94. The van der Waals surface area contributed by atoms with Crippen LogP contribution in [0.1, 0.15) is 27.3 Å². The average molecular weight is 473 g/mol. The van der Waals surface area contributed by atoms with E-state index in [2.05, 4.69) is 25.9 Å². The van der Waals surface area contributed by atoms with Gasteiger partial charge in [0.05, 0.1) is 22.7 Å². The molecule has 34 heavy (non-hydrogen) atoms. The predicted molar refractivity (Wildman–Crippen MR) is 132 cm³/mol. The second kappa shape index (κ2) is 10.8. The van der Waals surface area contributed by atoms with Gasteiger partial charge in [0.1, 0.15) is 5.03 Å². The van der Waals surface area contributed by atoms with Gasteiger partial charge in [0.25, 0.3) is 5.91 Å². The average Bonchev–Trinajstić information content (AvgIpc) is 3.20. The summed E-state index contributed by atoms with van der Waals surface area (Å²) < 4.78 is 1.73. The number of hydrogen-bond donors (Lipinski definition) is 2. The Morgan fingerprint density at radius 3 is 2.41 bits per heavy atom. The van der Waals surface area contributed by atoms with Crippen molar-refractivity contribution in [3.8, 4) is 5.82 Å². The number of nitrogens with zero attached hydrogens (tertiary/aromatic N) is 4. The van der Waals surface area contributed by atoms with Gasteiger partial charge in [0.15, 0.2) is 5.82 Å². The molecule has 0 spiro atoms. The zero-order valence-electron chi connectivity index (χ0n) is 18.9. The second-order valence-electron chi connectivity index (χ2n) is 7.62. The lowest BCUT2D eigenvalue weighted by molar-refractivity contribution is -0.113. The number of carbonyl (C=O) groups excluding carboxylic acids is 2. The number of benzene rings is 2. The lowest BCUT2D eigenvalue weighted by atomic mass is 10.1. The standard InChI is InChI=1S/C25H24N6O2S/c1-17-14-18(2)31(30-17)22-12-13-24(29-28-22)34-16-23(32)27-21-11-7-6-10-20(21)25(33)26-15-19-8-4-3-5-9-19/h3-14H,15-16H2,1-2H3,(H,26,33)(H,27,32). The maximum absolute atomic E-state index is 12.7. The van der Waals surface area contributed by atoms with Crippen LogP contribution in [0.3, 0.4) is 0 Å². The highest BCUT2D eigenvalue weighted by molar-refractivity contribution is 7.99. The molecule has 0 atom stereocenters. The van der Waals surface area contributed by atoms with E-state index in [-0.39, 0.29) is 17.6 Å². The number of nitrogens with one attached hydrogen (secondary N) is 2. The lowest BCUT2D eigenvalue weighted by Crippen LogP contribution is -2.25. The molecule has 2 amide bonds. The SMILES string of the molecule is Cc1cc(C)n(-c2ccc(SCC(=O)Nc3ccccc3C(=O)NCc3ccccc3)nn2)n1. The van der Waals surface area contributed by atoms with Gasteiger partial charge < -0.3 is 10.6 Å². The van der Waals surface area contributed by atoms with E-state index in [0.717, 1.165) is 17.0 Å². The first-order chi connectivity index (χ1) is 16.5. The van der Waals surface area contributed by atoms with E-state index in [4.69, 9.17) is 0 Å². The van der Waals surface area contributed by atoms with Gasteiger partial charge in [-0.1, -0.05) is 54.2 Å². The zero-order valence-corrected chi connectivity index (χ0v) is 19.7. The van der Waals surface area contributed by atoms with Crippen molar-refractivity contribution in [2.45, 2.75) is 25.4 Å². The van der Waals surface area contributed by atoms with Crippen LogP contribution in [0.25, 0.3) is 5.82 Å². The number of anilines is 1. The highest BCUT2D eigenvalue weighted by atomic mass is 32.2. The fourth-order valence-electron chi connectivity index (χ4n) is 3.35. The number of carbonyl (C=O) groups is 2. The molecule has 0 fully saturated rings. The fraction of sp³-hybridized carbons (Fsp3) is 0.160. The molecule has 0 saturated carbocycles. The Bertz CT molecular complexity index is 1290. The van der Waals surface area contributed by atoms with Crippen LogP contribution in [0, 0.1) is 13.8 Å². The Morgan fingerprint density at radius 1 is 0.941 bits per heavy atom. The number of thioether (sulfide) groups is 1. The Morgan fingerprint density at radius 2 is 1.71 bits per heavy atom. The minimum Gasteiger partial charge on any atom is -0.348 e. The molecule has 2 heterocycles. The number of rotatable bonds is 8. The quantitative estimate of drug-likeness (QED) is 0.377. The van der Waals surface area contributed by atoms with Crippen molar-refractivity contribution in [3.05, 3.63) is 95.3 Å². The summed E-state index contributed by atoms with van der Waals surface area (Å²) in [6, 6.07) is 22.2. The summed E-state index contributed by atoms with van der Waals surface area (Å²) in [6.07, 6.45) is 0. The summed E-state index contributed by atoms with van der Waals surface area (Å²) in [4.78, 5) is 25.2. The fourth-order valence-corrected chi connectivity index (χ4v) is 3.97. The summed E-state index contributed by atoms with van der Waals surface area (Å²) in [5, 5.41) is 19.1. The highest BCUT2D eigenvalue weighted by Gasteiger charge is 2.14. The van der Waals surface area contributed by atoms with Gasteiger partial charge in [0.2, 0.25) is 5.91 Å². The van der Waals surface area contributed by atoms with Gasteiger partial charge in [-0.2, -0.15) is 5.10 Å². The molecule has 0 radical (unpaired) electrons. The summed E-state index contributed by atoms with van der Waals surface area (Å²) in [5.74, 6) is 0.263. The summed E-state index contributed by atoms with van der Waals surface area (Å²) in [5.41, 5.74) is 3.75. The van der Waals surface area contributed by atoms with E-state index in [1.165, 1.54) is 11.8 Å². The first kappa shape index (κ1) is 23.2. The summed E-state index contributed by atoms with van der Waals surface area (Å²) >= 11 is 1.27. The molecule has 2 aromatic carbocycles. The zero-order chi connectivity index (χ0) is 23.9. The van der Waals surface area contributed by atoms with E-state index in [1.807, 2.05) is 62.4 Å². The van der Waals surface area contributed by atoms with Crippen LogP contribution in [0.2, 0.25) is 0 Å². The molecule has 0 unspecified atom stereocenters. The molecular weight excluding hydrogens is 448 g/mol. The third-order valence-electron chi connectivity index (χ3n) is 4.95. The molecule has 0 bridgehead atoms. The molecule has 2 N–H and O–H groups in total. The molecule has 4 rings (SSSR count). The third-order valence-corrected chi connectivity index (χ3v) is 5.87. The van der Waals surface area contributed by atoms with Gasteiger partial charge in [-0.05, 0) is 49.7 Å². The Balaban J connectivity index is 1.33. The summed E-state index contributed by atoms with van der Waals surface area (Å²) in [7, 11) is 0. The third kappa shape index (κ3) is 5.87. The minimum absolute atomic E-state index is 0.133. The van der Waals surface area contributed by atoms with Crippen molar-refractivity contribution in [1.29, 1.82) is 0 Å². The smallest absolute Gasteiger partial charge is 0.253 e. The number of aromatic nitrogens is 4. The van der Waals surface area contributed by atoms with E-state index in [0.29, 0.717) is 28.6 Å². The molecule has 0 aliphatic heterocycles. The van der Waals surface area contributed by atoms with E-state index in [9.17, 15) is 9.59 Å². The van der Waals surface area contributed by atoms with Crippen LogP contribution in [-0.4, -0.2) is 37.5 Å². The first-order valence-corrected chi connectivity index (χ1v) is 11.7. The molecule has 2 aromatic heterocycles. The van der Waals surface area contributed by atoms with Crippen LogP contribution in [-0.2, 0) is 11.3 Å². The van der Waals surface area contributed by atoms with Gasteiger partial charge >= 0.3 is 0 Å². The van der Waals surface area contributed by atoms with Crippen LogP contribution >= 0.6 is 11.8 Å². The van der Waals surface area contributed by atoms with Crippen molar-refractivity contribution in [2.75, 3.05) is 11.1 Å². The number of amides is 2. The largest absolute Gasteiger partial charge is 0.348 e. The maximum Gasteiger partial charge on any atom is 0.253 e. The Kier molecular flexibility index (Phi) is 7.34. The van der Waals surface area contributed by atoms with Gasteiger partial charge in [-0.3, -0.25) is 9.59 Å².